The van der Waals surface area contributed by atoms with E-state index in [2.05, 4.69) is 0 Å². The molecule has 0 aliphatic carbocycles. The van der Waals surface area contributed by atoms with Crippen LogP contribution in [0.3, 0.4) is 0 Å². The van der Waals surface area contributed by atoms with Crippen LogP contribution < -0.4 is 10.5 Å². The molecule has 6 heteroatoms. The summed E-state index contributed by atoms with van der Waals surface area (Å²) in [5, 5.41) is 0. The lowest BCUT2D eigenvalue weighted by Gasteiger charge is -2.08. The van der Waals surface area contributed by atoms with Gasteiger partial charge in [0.05, 0.1) is 18.6 Å². The molecule has 1 rings (SSSR count). The van der Waals surface area contributed by atoms with Crippen LogP contribution in [0.25, 0.3) is 0 Å². The summed E-state index contributed by atoms with van der Waals surface area (Å²) in [6.07, 6.45) is 0.383. The molecule has 0 radical (unpaired) electrons. The Morgan fingerprint density at radius 2 is 2.12 bits per heavy atom. The van der Waals surface area contributed by atoms with Gasteiger partial charge in [-0.1, -0.05) is 12.1 Å². The second-order valence-corrected chi connectivity index (χ2v) is 5.85. The first-order valence-corrected chi connectivity index (χ1v) is 7.04. The number of rotatable bonds is 6. The van der Waals surface area contributed by atoms with E-state index in [1.54, 1.807) is 6.07 Å². The van der Waals surface area contributed by atoms with Crippen LogP contribution in [0, 0.1) is 5.82 Å². The Morgan fingerprint density at radius 1 is 1.41 bits per heavy atom. The standard InChI is InChI=1S/C11H16FNO3S/c1-16-10-5-2-4-9(11(10)12)8-17(14,15)7-3-6-13/h2,4-5H,3,6-8,13H2,1H3. The van der Waals surface area contributed by atoms with Crippen molar-refractivity contribution in [2.45, 2.75) is 12.2 Å². The maximum absolute atomic E-state index is 13.7. The van der Waals surface area contributed by atoms with Crippen LogP contribution in [-0.4, -0.2) is 27.8 Å². The third-order valence-corrected chi connectivity index (χ3v) is 3.96. The van der Waals surface area contributed by atoms with Gasteiger partial charge >= 0.3 is 0 Å². The predicted molar refractivity (Wildman–Crippen MR) is 64.1 cm³/mol. The topological polar surface area (TPSA) is 69.4 Å². The molecule has 0 amide bonds. The SMILES string of the molecule is COc1cccc(CS(=O)(=O)CCCN)c1F. The molecular formula is C11H16FNO3S. The van der Waals surface area contributed by atoms with Crippen LogP contribution >= 0.6 is 0 Å². The van der Waals surface area contributed by atoms with Gasteiger partial charge in [0.25, 0.3) is 0 Å². The summed E-state index contributed by atoms with van der Waals surface area (Å²) >= 11 is 0. The summed E-state index contributed by atoms with van der Waals surface area (Å²) in [6.45, 7) is 0.305. The average molecular weight is 261 g/mol. The average Bonchev–Trinajstić information content (AvgIpc) is 2.29. The van der Waals surface area contributed by atoms with Gasteiger partial charge in [-0.2, -0.15) is 0 Å². The molecular weight excluding hydrogens is 245 g/mol. The van der Waals surface area contributed by atoms with Crippen molar-refractivity contribution in [1.82, 2.24) is 0 Å². The van der Waals surface area contributed by atoms with E-state index in [0.29, 0.717) is 13.0 Å². The molecule has 17 heavy (non-hydrogen) atoms. The highest BCUT2D eigenvalue weighted by Gasteiger charge is 2.16. The third-order valence-electron chi connectivity index (χ3n) is 2.30. The van der Waals surface area contributed by atoms with Crippen molar-refractivity contribution in [2.75, 3.05) is 19.4 Å². The summed E-state index contributed by atoms with van der Waals surface area (Å²) in [5.74, 6) is -0.918. The maximum atomic E-state index is 13.7. The fourth-order valence-corrected chi connectivity index (χ4v) is 2.89. The highest BCUT2D eigenvalue weighted by molar-refractivity contribution is 7.90. The monoisotopic (exact) mass is 261 g/mol. The number of halogens is 1. The van der Waals surface area contributed by atoms with Crippen molar-refractivity contribution in [3.63, 3.8) is 0 Å². The van der Waals surface area contributed by atoms with Crippen LogP contribution in [0.1, 0.15) is 12.0 Å². The Morgan fingerprint density at radius 3 is 2.71 bits per heavy atom. The summed E-state index contributed by atoms with van der Waals surface area (Å²) in [6, 6.07) is 4.46. The van der Waals surface area contributed by atoms with Crippen molar-refractivity contribution >= 4 is 9.84 Å². The lowest BCUT2D eigenvalue weighted by atomic mass is 10.2. The highest BCUT2D eigenvalue weighted by atomic mass is 32.2. The van der Waals surface area contributed by atoms with Gasteiger partial charge in [-0.25, -0.2) is 12.8 Å². The first-order valence-electron chi connectivity index (χ1n) is 5.22. The van der Waals surface area contributed by atoms with Crippen LogP contribution in [-0.2, 0) is 15.6 Å². The second-order valence-electron chi connectivity index (χ2n) is 3.67. The van der Waals surface area contributed by atoms with Gasteiger partial charge in [-0.15, -0.1) is 0 Å². The van der Waals surface area contributed by atoms with Gasteiger partial charge in [-0.05, 0) is 19.0 Å². The normalized spacial score (nSPS) is 11.5. The molecule has 0 bridgehead atoms. The van der Waals surface area contributed by atoms with E-state index < -0.39 is 15.7 Å². The maximum Gasteiger partial charge on any atom is 0.169 e. The molecule has 0 aliphatic rings. The zero-order valence-electron chi connectivity index (χ0n) is 9.65. The molecule has 0 saturated carbocycles. The van der Waals surface area contributed by atoms with Crippen LogP contribution in [0.15, 0.2) is 18.2 Å². The second kappa shape index (κ2) is 5.97. The Labute approximate surface area is 101 Å². The van der Waals surface area contributed by atoms with Crippen LogP contribution in [0.5, 0.6) is 5.75 Å². The fraction of sp³-hybridized carbons (Fsp3) is 0.455. The lowest BCUT2D eigenvalue weighted by molar-refractivity contribution is 0.385. The van der Waals surface area contributed by atoms with E-state index in [0.717, 1.165) is 0 Å². The zero-order chi connectivity index (χ0) is 12.9. The number of hydrogen-bond acceptors (Lipinski definition) is 4. The Hall–Kier alpha value is -1.14. The Kier molecular flexibility index (Phi) is 4.89. The van der Waals surface area contributed by atoms with Gasteiger partial charge in [0, 0.05) is 5.56 Å². The molecule has 1 aromatic carbocycles. The van der Waals surface area contributed by atoms with E-state index in [1.807, 2.05) is 0 Å². The Bertz CT molecular complexity index is 474. The van der Waals surface area contributed by atoms with Gasteiger partial charge in [0.2, 0.25) is 0 Å². The van der Waals surface area contributed by atoms with Crippen molar-refractivity contribution in [2.24, 2.45) is 5.73 Å². The highest BCUT2D eigenvalue weighted by Crippen LogP contribution is 2.21. The number of hydrogen-bond donors (Lipinski definition) is 1. The molecule has 0 unspecified atom stereocenters. The van der Waals surface area contributed by atoms with Gasteiger partial charge in [0.15, 0.2) is 21.4 Å². The summed E-state index contributed by atoms with van der Waals surface area (Å²) in [7, 11) is -1.98. The molecule has 0 atom stereocenters. The summed E-state index contributed by atoms with van der Waals surface area (Å²) in [4.78, 5) is 0. The quantitative estimate of drug-likeness (QED) is 0.832. The molecule has 4 nitrogen and oxygen atoms in total. The Balaban J connectivity index is 2.88. The fourth-order valence-electron chi connectivity index (χ4n) is 1.44. The molecule has 2 N–H and O–H groups in total. The molecule has 0 aromatic heterocycles. The number of methoxy groups -OCH3 is 1. The first-order chi connectivity index (χ1) is 8.00. The van der Waals surface area contributed by atoms with E-state index >= 15 is 0 Å². The molecule has 96 valence electrons. The number of ether oxygens (including phenoxy) is 1. The van der Waals surface area contributed by atoms with Gasteiger partial charge in [0.1, 0.15) is 0 Å². The van der Waals surface area contributed by atoms with Crippen molar-refractivity contribution in [3.8, 4) is 5.75 Å². The predicted octanol–water partition coefficient (Wildman–Crippen LogP) is 1.10. The van der Waals surface area contributed by atoms with E-state index in [9.17, 15) is 12.8 Å². The van der Waals surface area contributed by atoms with Crippen molar-refractivity contribution < 1.29 is 17.5 Å². The summed E-state index contributed by atoms with van der Waals surface area (Å²) < 4.78 is 41.8. The van der Waals surface area contributed by atoms with Gasteiger partial charge < -0.3 is 10.5 Å². The van der Waals surface area contributed by atoms with E-state index in [4.69, 9.17) is 10.5 Å². The number of benzene rings is 1. The zero-order valence-corrected chi connectivity index (χ0v) is 10.5. The largest absolute Gasteiger partial charge is 0.494 e. The van der Waals surface area contributed by atoms with E-state index in [1.165, 1.54) is 19.2 Å². The minimum absolute atomic E-state index is 0.0276. The molecule has 0 aliphatic heterocycles. The molecule has 0 spiro atoms. The van der Waals surface area contributed by atoms with Crippen molar-refractivity contribution in [1.29, 1.82) is 0 Å². The molecule has 0 saturated heterocycles. The van der Waals surface area contributed by atoms with Crippen LogP contribution in [0.4, 0.5) is 4.39 Å². The van der Waals surface area contributed by atoms with Gasteiger partial charge in [-0.3, -0.25) is 0 Å². The summed E-state index contributed by atoms with van der Waals surface area (Å²) in [5.41, 5.74) is 5.37. The first kappa shape index (κ1) is 13.9. The lowest BCUT2D eigenvalue weighted by Crippen LogP contribution is -2.14. The van der Waals surface area contributed by atoms with E-state index in [-0.39, 0.29) is 22.8 Å². The molecule has 1 aromatic rings. The minimum Gasteiger partial charge on any atom is -0.494 e. The van der Waals surface area contributed by atoms with Crippen LogP contribution in [0.2, 0.25) is 0 Å². The molecule has 0 fully saturated rings. The smallest absolute Gasteiger partial charge is 0.169 e. The minimum atomic E-state index is -3.32. The van der Waals surface area contributed by atoms with Crippen molar-refractivity contribution in [3.05, 3.63) is 29.6 Å². The number of nitrogens with two attached hydrogens (primary N) is 1. The molecule has 0 heterocycles. The number of sulfone groups is 1. The third kappa shape index (κ3) is 3.98.